The van der Waals surface area contributed by atoms with Gasteiger partial charge in [0.2, 0.25) is 5.88 Å². The van der Waals surface area contributed by atoms with Crippen LogP contribution in [0.4, 0.5) is 10.3 Å². The minimum Gasteiger partial charge on any atom is -0.440 e. The largest absolute Gasteiger partial charge is 0.440 e. The van der Waals surface area contributed by atoms with Gasteiger partial charge in [0.15, 0.2) is 5.78 Å². The SMILES string of the molecule is CCCCNc1oc2ccc(C)cc2c1C(=O)c1ccc(F)cc1. The summed E-state index contributed by atoms with van der Waals surface area (Å²) < 4.78 is 19.0. The van der Waals surface area contributed by atoms with Crippen LogP contribution >= 0.6 is 0 Å². The van der Waals surface area contributed by atoms with Crippen molar-refractivity contribution in [1.29, 1.82) is 0 Å². The van der Waals surface area contributed by atoms with Crippen LogP contribution in [0.5, 0.6) is 0 Å². The number of rotatable bonds is 6. The molecule has 3 aromatic rings. The van der Waals surface area contributed by atoms with Gasteiger partial charge in [0.1, 0.15) is 11.4 Å². The van der Waals surface area contributed by atoms with Crippen molar-refractivity contribution in [1.82, 2.24) is 0 Å². The molecule has 0 bridgehead atoms. The van der Waals surface area contributed by atoms with E-state index >= 15 is 0 Å². The molecule has 0 fully saturated rings. The van der Waals surface area contributed by atoms with Crippen LogP contribution in [0.2, 0.25) is 0 Å². The molecule has 3 rings (SSSR count). The zero-order chi connectivity index (χ0) is 17.1. The van der Waals surface area contributed by atoms with Gasteiger partial charge >= 0.3 is 0 Å². The van der Waals surface area contributed by atoms with Crippen molar-refractivity contribution in [3.05, 3.63) is 65.0 Å². The molecule has 0 atom stereocenters. The van der Waals surface area contributed by atoms with E-state index in [0.29, 0.717) is 22.6 Å². The number of ketones is 1. The first-order valence-corrected chi connectivity index (χ1v) is 8.17. The second-order valence-corrected chi connectivity index (χ2v) is 5.92. The van der Waals surface area contributed by atoms with Crippen LogP contribution in [0.1, 0.15) is 41.3 Å². The Labute approximate surface area is 140 Å². The van der Waals surface area contributed by atoms with Crippen LogP contribution in [0.15, 0.2) is 46.9 Å². The second-order valence-electron chi connectivity index (χ2n) is 5.92. The third-order valence-corrected chi connectivity index (χ3v) is 3.99. The summed E-state index contributed by atoms with van der Waals surface area (Å²) in [6.45, 7) is 4.82. The number of hydrogen-bond acceptors (Lipinski definition) is 3. The van der Waals surface area contributed by atoms with E-state index in [-0.39, 0.29) is 11.6 Å². The Morgan fingerprint density at radius 1 is 1.17 bits per heavy atom. The van der Waals surface area contributed by atoms with Crippen LogP contribution in [-0.4, -0.2) is 12.3 Å². The standard InChI is InChI=1S/C20H20FNO2/c1-3-4-11-22-20-18(16-12-13(2)5-10-17(16)24-20)19(23)14-6-8-15(21)9-7-14/h5-10,12,22H,3-4,11H2,1-2H3. The third kappa shape index (κ3) is 3.18. The maximum absolute atomic E-state index is 13.1. The van der Waals surface area contributed by atoms with Crippen molar-refractivity contribution in [3.63, 3.8) is 0 Å². The van der Waals surface area contributed by atoms with E-state index < -0.39 is 0 Å². The number of aryl methyl sites for hydroxylation is 1. The minimum atomic E-state index is -0.360. The van der Waals surface area contributed by atoms with Crippen molar-refractivity contribution >= 4 is 22.6 Å². The lowest BCUT2D eigenvalue weighted by atomic mass is 10.0. The lowest BCUT2D eigenvalue weighted by molar-refractivity contribution is 0.104. The molecule has 0 unspecified atom stereocenters. The maximum atomic E-state index is 13.1. The number of unbranched alkanes of at least 4 members (excludes halogenated alkanes) is 1. The molecule has 0 saturated heterocycles. The van der Waals surface area contributed by atoms with Crippen LogP contribution in [0, 0.1) is 12.7 Å². The lowest BCUT2D eigenvalue weighted by Gasteiger charge is -2.05. The molecule has 0 saturated carbocycles. The number of anilines is 1. The Kier molecular flexibility index (Phi) is 4.65. The van der Waals surface area contributed by atoms with Crippen molar-refractivity contribution in [3.8, 4) is 0 Å². The zero-order valence-electron chi connectivity index (χ0n) is 13.9. The molecule has 0 aliphatic rings. The molecule has 3 nitrogen and oxygen atoms in total. The fourth-order valence-corrected chi connectivity index (χ4v) is 2.69. The predicted octanol–water partition coefficient (Wildman–Crippen LogP) is 5.32. The van der Waals surface area contributed by atoms with E-state index in [1.54, 1.807) is 0 Å². The van der Waals surface area contributed by atoms with Crippen LogP contribution in [0.25, 0.3) is 11.0 Å². The van der Waals surface area contributed by atoms with Crippen molar-refractivity contribution in [2.24, 2.45) is 0 Å². The number of hydrogen-bond donors (Lipinski definition) is 1. The van der Waals surface area contributed by atoms with E-state index in [1.165, 1.54) is 24.3 Å². The summed E-state index contributed by atoms with van der Waals surface area (Å²) in [5.41, 5.74) is 2.68. The summed E-state index contributed by atoms with van der Waals surface area (Å²) >= 11 is 0. The molecule has 0 aliphatic heterocycles. The Bertz CT molecular complexity index is 865. The molecular formula is C20H20FNO2. The van der Waals surface area contributed by atoms with Crippen molar-refractivity contribution < 1.29 is 13.6 Å². The first-order chi connectivity index (χ1) is 11.6. The van der Waals surface area contributed by atoms with E-state index in [1.807, 2.05) is 25.1 Å². The van der Waals surface area contributed by atoms with Gasteiger partial charge in [-0.25, -0.2) is 4.39 Å². The van der Waals surface area contributed by atoms with Gasteiger partial charge in [0.25, 0.3) is 0 Å². The Morgan fingerprint density at radius 2 is 1.92 bits per heavy atom. The number of fused-ring (bicyclic) bond motifs is 1. The first kappa shape index (κ1) is 16.2. The highest BCUT2D eigenvalue weighted by atomic mass is 19.1. The molecule has 0 spiro atoms. The predicted molar refractivity (Wildman–Crippen MR) is 94.2 cm³/mol. The lowest BCUT2D eigenvalue weighted by Crippen LogP contribution is -2.07. The topological polar surface area (TPSA) is 42.2 Å². The van der Waals surface area contributed by atoms with Gasteiger partial charge in [-0.15, -0.1) is 0 Å². The number of furan rings is 1. The van der Waals surface area contributed by atoms with Gasteiger partial charge < -0.3 is 9.73 Å². The van der Waals surface area contributed by atoms with Gasteiger partial charge in [-0.2, -0.15) is 0 Å². The normalized spacial score (nSPS) is 11.0. The van der Waals surface area contributed by atoms with E-state index in [4.69, 9.17) is 4.42 Å². The Balaban J connectivity index is 2.08. The Hall–Kier alpha value is -2.62. The quantitative estimate of drug-likeness (QED) is 0.492. The number of carbonyl (C=O) groups is 1. The van der Waals surface area contributed by atoms with E-state index in [2.05, 4.69) is 12.2 Å². The molecule has 0 aliphatic carbocycles. The summed E-state index contributed by atoms with van der Waals surface area (Å²) in [5, 5.41) is 4.00. The van der Waals surface area contributed by atoms with Crippen LogP contribution < -0.4 is 5.32 Å². The fourth-order valence-electron chi connectivity index (χ4n) is 2.69. The average Bonchev–Trinajstić information content (AvgIpc) is 2.92. The zero-order valence-corrected chi connectivity index (χ0v) is 13.9. The molecule has 1 aromatic heterocycles. The smallest absolute Gasteiger partial charge is 0.205 e. The summed E-state index contributed by atoms with van der Waals surface area (Å²) in [5.74, 6) is -0.0440. The molecule has 1 N–H and O–H groups in total. The van der Waals surface area contributed by atoms with Crippen LogP contribution in [-0.2, 0) is 0 Å². The maximum Gasteiger partial charge on any atom is 0.205 e. The number of halogens is 1. The molecule has 2 aromatic carbocycles. The molecule has 124 valence electrons. The molecule has 24 heavy (non-hydrogen) atoms. The summed E-state index contributed by atoms with van der Waals surface area (Å²) in [4.78, 5) is 13.0. The minimum absolute atomic E-state index is 0.168. The third-order valence-electron chi connectivity index (χ3n) is 3.99. The van der Waals surface area contributed by atoms with Gasteiger partial charge in [0, 0.05) is 17.5 Å². The molecule has 0 amide bonds. The van der Waals surface area contributed by atoms with Gasteiger partial charge in [-0.1, -0.05) is 25.0 Å². The average molecular weight is 325 g/mol. The molecule has 1 heterocycles. The Morgan fingerprint density at radius 3 is 2.62 bits per heavy atom. The van der Waals surface area contributed by atoms with Crippen molar-refractivity contribution in [2.75, 3.05) is 11.9 Å². The van der Waals surface area contributed by atoms with Gasteiger partial charge in [0.05, 0.1) is 5.56 Å². The summed E-state index contributed by atoms with van der Waals surface area (Å²) in [6, 6.07) is 11.4. The fraction of sp³-hybridized carbons (Fsp3) is 0.250. The monoisotopic (exact) mass is 325 g/mol. The first-order valence-electron chi connectivity index (χ1n) is 8.17. The summed E-state index contributed by atoms with van der Waals surface area (Å²) in [6.07, 6.45) is 2.04. The number of nitrogens with one attached hydrogen (secondary N) is 1. The van der Waals surface area contributed by atoms with Crippen LogP contribution in [0.3, 0.4) is 0 Å². The van der Waals surface area contributed by atoms with E-state index in [0.717, 1.165) is 30.3 Å². The number of benzene rings is 2. The van der Waals surface area contributed by atoms with E-state index in [9.17, 15) is 9.18 Å². The molecule has 4 heteroatoms. The highest BCUT2D eigenvalue weighted by Gasteiger charge is 2.22. The highest BCUT2D eigenvalue weighted by Crippen LogP contribution is 2.32. The highest BCUT2D eigenvalue weighted by molar-refractivity contribution is 6.19. The van der Waals surface area contributed by atoms with Gasteiger partial charge in [-0.3, -0.25) is 4.79 Å². The van der Waals surface area contributed by atoms with Crippen molar-refractivity contribution in [2.45, 2.75) is 26.7 Å². The number of carbonyl (C=O) groups excluding carboxylic acids is 1. The second kappa shape index (κ2) is 6.87. The molecular weight excluding hydrogens is 305 g/mol. The molecule has 0 radical (unpaired) electrons. The van der Waals surface area contributed by atoms with Gasteiger partial charge in [-0.05, 0) is 49.7 Å². The summed E-state index contributed by atoms with van der Waals surface area (Å²) in [7, 11) is 0.